The normalized spacial score (nSPS) is 15.5. The molecule has 1 aliphatic heterocycles. The largest absolute Gasteiger partial charge is 0.380 e. The third-order valence-corrected chi connectivity index (χ3v) is 3.66. The lowest BCUT2D eigenvalue weighted by atomic mass is 10.4. The van der Waals surface area contributed by atoms with E-state index >= 15 is 0 Å². The molecule has 0 aromatic rings. The number of hydroxylamine groups is 2. The quantitative estimate of drug-likeness (QED) is 0.442. The zero-order valence-electron chi connectivity index (χ0n) is 10.7. The van der Waals surface area contributed by atoms with E-state index in [2.05, 4.69) is 11.4 Å². The van der Waals surface area contributed by atoms with Crippen LogP contribution >= 0.6 is 0 Å². The van der Waals surface area contributed by atoms with Crippen LogP contribution in [0, 0.1) is 0 Å². The summed E-state index contributed by atoms with van der Waals surface area (Å²) in [4.78, 5) is 38.2. The third kappa shape index (κ3) is 5.10. The van der Waals surface area contributed by atoms with Crippen molar-refractivity contribution in [3.8, 4) is 0 Å². The smallest absolute Gasteiger partial charge is 0.335 e. The lowest BCUT2D eigenvalue weighted by molar-refractivity contribution is -0.198. The Kier molecular flexibility index (Phi) is 5.83. The molecule has 1 fully saturated rings. The van der Waals surface area contributed by atoms with Crippen LogP contribution in [0.5, 0.6) is 0 Å². The summed E-state index contributed by atoms with van der Waals surface area (Å²) in [6, 6.07) is 0. The van der Waals surface area contributed by atoms with E-state index in [0.29, 0.717) is 5.06 Å². The van der Waals surface area contributed by atoms with E-state index in [0.717, 1.165) is 5.41 Å². The monoisotopic (exact) mass is 305 g/mol. The highest BCUT2D eigenvalue weighted by Gasteiger charge is 2.32. The van der Waals surface area contributed by atoms with Crippen molar-refractivity contribution in [3.63, 3.8) is 0 Å². The second-order valence-corrected chi connectivity index (χ2v) is 6.01. The van der Waals surface area contributed by atoms with E-state index < -0.39 is 27.6 Å². The van der Waals surface area contributed by atoms with Crippen LogP contribution in [0.4, 0.5) is 0 Å². The van der Waals surface area contributed by atoms with E-state index in [1.807, 2.05) is 0 Å². The van der Waals surface area contributed by atoms with Gasteiger partial charge in [-0.15, -0.1) is 5.06 Å². The van der Waals surface area contributed by atoms with Crippen molar-refractivity contribution in [3.05, 3.63) is 12.0 Å². The summed E-state index contributed by atoms with van der Waals surface area (Å²) in [7, 11) is -3.33. The van der Waals surface area contributed by atoms with Gasteiger partial charge in [0.1, 0.15) is 0 Å². The number of nitrogens with zero attached hydrogens (tertiary/aromatic N) is 1. The Labute approximate surface area is 116 Å². The molecule has 0 aliphatic carbocycles. The van der Waals surface area contributed by atoms with Crippen molar-refractivity contribution in [2.75, 3.05) is 19.0 Å². The Morgan fingerprint density at radius 3 is 2.40 bits per heavy atom. The lowest BCUT2D eigenvalue weighted by Crippen LogP contribution is -2.32. The summed E-state index contributed by atoms with van der Waals surface area (Å²) in [5, 5.41) is 1.28. The van der Waals surface area contributed by atoms with Crippen molar-refractivity contribution in [2.45, 2.75) is 19.3 Å². The topological polar surface area (TPSA) is 107 Å². The van der Waals surface area contributed by atoms with Crippen LogP contribution in [-0.4, -0.2) is 50.2 Å². The molecule has 2 amide bonds. The summed E-state index contributed by atoms with van der Waals surface area (Å²) >= 11 is 0. The van der Waals surface area contributed by atoms with Crippen LogP contribution < -0.4 is 0 Å². The molecule has 0 aromatic carbocycles. The van der Waals surface area contributed by atoms with Crippen molar-refractivity contribution >= 4 is 27.6 Å². The number of ether oxygens (including phenoxy) is 1. The fourth-order valence-electron chi connectivity index (χ4n) is 1.32. The number of amides is 2. The third-order valence-electron chi connectivity index (χ3n) is 2.42. The number of hydrogen-bond acceptors (Lipinski definition) is 7. The number of imide groups is 1. The summed E-state index contributed by atoms with van der Waals surface area (Å²) in [5.41, 5.74) is 0. The first kappa shape index (κ1) is 16.3. The average Bonchev–Trinajstić information content (AvgIpc) is 2.70. The molecule has 0 radical (unpaired) electrons. The van der Waals surface area contributed by atoms with E-state index in [1.165, 1.54) is 0 Å². The van der Waals surface area contributed by atoms with Gasteiger partial charge < -0.3 is 9.57 Å². The molecular weight excluding hydrogens is 290 g/mol. The van der Waals surface area contributed by atoms with Gasteiger partial charge in [0, 0.05) is 18.2 Å². The van der Waals surface area contributed by atoms with Crippen LogP contribution in [0.15, 0.2) is 12.0 Å². The number of carbonyl (C=O) groups is 3. The molecule has 112 valence electrons. The average molecular weight is 305 g/mol. The highest BCUT2D eigenvalue weighted by molar-refractivity contribution is 7.94. The molecule has 0 unspecified atom stereocenters. The molecule has 8 nitrogen and oxygen atoms in total. The van der Waals surface area contributed by atoms with Gasteiger partial charge in [0.05, 0.1) is 25.4 Å². The molecule has 9 heteroatoms. The Bertz CT molecular complexity index is 495. The minimum Gasteiger partial charge on any atom is -0.380 e. The minimum absolute atomic E-state index is 0.0298. The Balaban J connectivity index is 2.19. The summed E-state index contributed by atoms with van der Waals surface area (Å²) in [5.74, 6) is -2.13. The molecule has 0 aromatic heterocycles. The fourth-order valence-corrected chi connectivity index (χ4v) is 1.84. The Morgan fingerprint density at radius 1 is 1.25 bits per heavy atom. The highest BCUT2D eigenvalue weighted by atomic mass is 32.2. The van der Waals surface area contributed by atoms with Crippen LogP contribution in [0.1, 0.15) is 19.3 Å². The number of hydrogen-bond donors (Lipinski definition) is 0. The van der Waals surface area contributed by atoms with Gasteiger partial charge in [-0.2, -0.15) is 0 Å². The van der Waals surface area contributed by atoms with Gasteiger partial charge in [0.25, 0.3) is 11.8 Å². The van der Waals surface area contributed by atoms with Gasteiger partial charge in [-0.05, 0) is 0 Å². The van der Waals surface area contributed by atoms with Gasteiger partial charge >= 0.3 is 5.97 Å². The Hall–Kier alpha value is -1.74. The first-order valence-corrected chi connectivity index (χ1v) is 7.57. The van der Waals surface area contributed by atoms with Gasteiger partial charge in [0.15, 0.2) is 9.84 Å². The van der Waals surface area contributed by atoms with Crippen LogP contribution in [0.25, 0.3) is 0 Å². The zero-order valence-corrected chi connectivity index (χ0v) is 11.6. The highest BCUT2D eigenvalue weighted by Crippen LogP contribution is 2.12. The molecule has 0 saturated carbocycles. The molecule has 1 aliphatic rings. The second-order valence-electron chi connectivity index (χ2n) is 3.94. The maximum Gasteiger partial charge on any atom is 0.335 e. The zero-order chi connectivity index (χ0) is 15.2. The Morgan fingerprint density at radius 2 is 1.85 bits per heavy atom. The molecule has 1 heterocycles. The van der Waals surface area contributed by atoms with Crippen LogP contribution in [-0.2, 0) is 33.8 Å². The predicted molar refractivity (Wildman–Crippen MR) is 66.6 cm³/mol. The molecule has 20 heavy (non-hydrogen) atoms. The molecule has 1 saturated heterocycles. The molecule has 0 bridgehead atoms. The first-order chi connectivity index (χ1) is 9.35. The van der Waals surface area contributed by atoms with Gasteiger partial charge in [0.2, 0.25) is 0 Å². The van der Waals surface area contributed by atoms with Crippen LogP contribution in [0.2, 0.25) is 0 Å². The van der Waals surface area contributed by atoms with E-state index in [4.69, 9.17) is 4.74 Å². The second kappa shape index (κ2) is 7.15. The SMILES string of the molecule is C=CS(=O)(=O)CCOCCC(=O)ON1C(=O)CCC1=O. The fraction of sp³-hybridized carbons (Fsp3) is 0.545. The molecule has 0 atom stereocenters. The summed E-state index contributed by atoms with van der Waals surface area (Å²) in [6.07, 6.45) is -0.130. The van der Waals surface area contributed by atoms with Crippen molar-refractivity contribution < 1.29 is 32.4 Å². The molecular formula is C11H15NO7S. The lowest BCUT2D eigenvalue weighted by Gasteiger charge is -2.12. The van der Waals surface area contributed by atoms with Crippen molar-refractivity contribution in [2.24, 2.45) is 0 Å². The molecule has 0 spiro atoms. The van der Waals surface area contributed by atoms with Gasteiger partial charge in [-0.25, -0.2) is 13.2 Å². The maximum absolute atomic E-state index is 11.3. The minimum atomic E-state index is -3.33. The summed E-state index contributed by atoms with van der Waals surface area (Å²) in [6.45, 7) is 3.00. The van der Waals surface area contributed by atoms with E-state index in [-0.39, 0.29) is 38.2 Å². The van der Waals surface area contributed by atoms with Gasteiger partial charge in [-0.3, -0.25) is 9.59 Å². The predicted octanol–water partition coefficient (Wildman–Crippen LogP) is -0.441. The number of rotatable bonds is 8. The van der Waals surface area contributed by atoms with Crippen LogP contribution in [0.3, 0.4) is 0 Å². The standard InChI is InChI=1S/C11H15NO7S/c1-2-20(16,17)8-7-18-6-5-11(15)19-12-9(13)3-4-10(12)14/h2H,1,3-8H2. The van der Waals surface area contributed by atoms with Crippen molar-refractivity contribution in [1.82, 2.24) is 5.06 Å². The summed E-state index contributed by atoms with van der Waals surface area (Å²) < 4.78 is 27.0. The molecule has 1 rings (SSSR count). The van der Waals surface area contributed by atoms with E-state index in [1.54, 1.807) is 0 Å². The molecule has 0 N–H and O–H groups in total. The van der Waals surface area contributed by atoms with E-state index in [9.17, 15) is 22.8 Å². The number of sulfone groups is 1. The number of carbonyl (C=O) groups excluding carboxylic acids is 3. The maximum atomic E-state index is 11.3. The first-order valence-electron chi connectivity index (χ1n) is 5.85. The van der Waals surface area contributed by atoms with Gasteiger partial charge in [-0.1, -0.05) is 6.58 Å². The van der Waals surface area contributed by atoms with Crippen molar-refractivity contribution in [1.29, 1.82) is 0 Å².